The SMILES string of the molecule is Cc1cc(I)c(CBr)cc1C. The number of benzene rings is 1. The van der Waals surface area contributed by atoms with Crippen LogP contribution in [0.1, 0.15) is 16.7 Å². The molecule has 1 aromatic carbocycles. The summed E-state index contributed by atoms with van der Waals surface area (Å²) in [4.78, 5) is 0. The molecule has 0 heterocycles. The minimum Gasteiger partial charge on any atom is -0.0876 e. The summed E-state index contributed by atoms with van der Waals surface area (Å²) in [5.74, 6) is 0. The molecule has 2 heteroatoms. The Morgan fingerprint density at radius 3 is 2.36 bits per heavy atom. The lowest BCUT2D eigenvalue weighted by Gasteiger charge is -2.04. The van der Waals surface area contributed by atoms with E-state index in [2.05, 4.69) is 64.5 Å². The normalized spacial score (nSPS) is 10.2. The molecule has 0 spiro atoms. The highest BCUT2D eigenvalue weighted by molar-refractivity contribution is 14.1. The summed E-state index contributed by atoms with van der Waals surface area (Å²) in [5.41, 5.74) is 4.13. The predicted octanol–water partition coefficient (Wildman–Crippen LogP) is 3.80. The van der Waals surface area contributed by atoms with Gasteiger partial charge in [0, 0.05) is 8.90 Å². The van der Waals surface area contributed by atoms with Crippen molar-refractivity contribution in [3.05, 3.63) is 32.4 Å². The molecule has 60 valence electrons. The molecule has 0 aromatic heterocycles. The summed E-state index contributed by atoms with van der Waals surface area (Å²) in [7, 11) is 0. The van der Waals surface area contributed by atoms with E-state index in [0.717, 1.165) is 5.33 Å². The Bertz CT molecular complexity index is 269. The average molecular weight is 325 g/mol. The zero-order chi connectivity index (χ0) is 8.43. The van der Waals surface area contributed by atoms with Gasteiger partial charge in [0.25, 0.3) is 0 Å². The van der Waals surface area contributed by atoms with Gasteiger partial charge < -0.3 is 0 Å². The van der Waals surface area contributed by atoms with E-state index in [-0.39, 0.29) is 0 Å². The molecule has 11 heavy (non-hydrogen) atoms. The van der Waals surface area contributed by atoms with Crippen molar-refractivity contribution in [3.8, 4) is 0 Å². The van der Waals surface area contributed by atoms with E-state index in [4.69, 9.17) is 0 Å². The molecular weight excluding hydrogens is 315 g/mol. The number of alkyl halides is 1. The second-order valence-electron chi connectivity index (χ2n) is 2.66. The first kappa shape index (κ1) is 9.52. The topological polar surface area (TPSA) is 0 Å². The van der Waals surface area contributed by atoms with E-state index in [0.29, 0.717) is 0 Å². The van der Waals surface area contributed by atoms with E-state index in [1.807, 2.05) is 0 Å². The molecular formula is C9H10BrI. The molecule has 0 saturated carbocycles. The van der Waals surface area contributed by atoms with E-state index < -0.39 is 0 Å². The standard InChI is InChI=1S/C9H10BrI/c1-6-3-8(5-10)9(11)4-7(6)2/h3-4H,5H2,1-2H3. The molecule has 0 aliphatic heterocycles. The maximum absolute atomic E-state index is 3.46. The van der Waals surface area contributed by atoms with Gasteiger partial charge in [-0.25, -0.2) is 0 Å². The molecule has 0 aliphatic rings. The fourth-order valence-corrected chi connectivity index (χ4v) is 2.74. The second-order valence-corrected chi connectivity index (χ2v) is 4.38. The molecule has 0 atom stereocenters. The monoisotopic (exact) mass is 324 g/mol. The van der Waals surface area contributed by atoms with Crippen molar-refractivity contribution in [1.82, 2.24) is 0 Å². The van der Waals surface area contributed by atoms with Gasteiger partial charge in [0.1, 0.15) is 0 Å². The van der Waals surface area contributed by atoms with Crippen molar-refractivity contribution in [2.45, 2.75) is 19.2 Å². The first-order valence-electron chi connectivity index (χ1n) is 3.46. The van der Waals surface area contributed by atoms with Gasteiger partial charge in [0.2, 0.25) is 0 Å². The molecule has 0 aliphatic carbocycles. The zero-order valence-corrected chi connectivity index (χ0v) is 10.4. The maximum atomic E-state index is 3.46. The molecule has 0 saturated heterocycles. The maximum Gasteiger partial charge on any atom is 0.0293 e. The molecule has 0 amide bonds. The number of hydrogen-bond acceptors (Lipinski definition) is 0. The van der Waals surface area contributed by atoms with Gasteiger partial charge in [-0.2, -0.15) is 0 Å². The van der Waals surface area contributed by atoms with E-state index in [9.17, 15) is 0 Å². The predicted molar refractivity (Wildman–Crippen MR) is 61.3 cm³/mol. The van der Waals surface area contributed by atoms with E-state index >= 15 is 0 Å². The third-order valence-electron chi connectivity index (χ3n) is 1.81. The van der Waals surface area contributed by atoms with Crippen LogP contribution in [0.25, 0.3) is 0 Å². The Morgan fingerprint density at radius 1 is 1.27 bits per heavy atom. The third-order valence-corrected chi connectivity index (χ3v) is 3.42. The van der Waals surface area contributed by atoms with Crippen LogP contribution in [0.4, 0.5) is 0 Å². The Labute approximate surface area is 89.7 Å². The Balaban J connectivity index is 3.21. The molecule has 0 N–H and O–H groups in total. The number of rotatable bonds is 1. The molecule has 0 unspecified atom stereocenters. The van der Waals surface area contributed by atoms with Crippen LogP contribution in [-0.4, -0.2) is 0 Å². The second kappa shape index (κ2) is 3.90. The Morgan fingerprint density at radius 2 is 1.82 bits per heavy atom. The Kier molecular flexibility index (Phi) is 3.37. The molecule has 0 fully saturated rings. The van der Waals surface area contributed by atoms with Crippen LogP contribution in [0.5, 0.6) is 0 Å². The molecule has 1 aromatic rings. The molecule has 0 radical (unpaired) electrons. The van der Waals surface area contributed by atoms with Crippen LogP contribution in [-0.2, 0) is 5.33 Å². The van der Waals surface area contributed by atoms with Crippen molar-refractivity contribution < 1.29 is 0 Å². The highest BCUT2D eigenvalue weighted by atomic mass is 127. The quantitative estimate of drug-likeness (QED) is 0.544. The van der Waals surface area contributed by atoms with Crippen molar-refractivity contribution in [2.75, 3.05) is 0 Å². The van der Waals surface area contributed by atoms with E-state index in [1.165, 1.54) is 20.3 Å². The summed E-state index contributed by atoms with van der Waals surface area (Å²) in [6.45, 7) is 4.30. The largest absolute Gasteiger partial charge is 0.0876 e. The summed E-state index contributed by atoms with van der Waals surface area (Å²) in [6, 6.07) is 4.47. The van der Waals surface area contributed by atoms with Crippen molar-refractivity contribution >= 4 is 38.5 Å². The third kappa shape index (κ3) is 2.18. The number of hydrogen-bond donors (Lipinski definition) is 0. The summed E-state index contributed by atoms with van der Waals surface area (Å²) in [5, 5.41) is 0.951. The zero-order valence-electron chi connectivity index (χ0n) is 6.62. The van der Waals surface area contributed by atoms with Crippen LogP contribution in [0.2, 0.25) is 0 Å². The molecule has 0 bridgehead atoms. The molecule has 1 rings (SSSR count). The van der Waals surface area contributed by atoms with Gasteiger partial charge in [-0.15, -0.1) is 0 Å². The van der Waals surface area contributed by atoms with Crippen molar-refractivity contribution in [1.29, 1.82) is 0 Å². The summed E-state index contributed by atoms with van der Waals surface area (Å²) in [6.07, 6.45) is 0. The van der Waals surface area contributed by atoms with Crippen LogP contribution in [0.15, 0.2) is 12.1 Å². The van der Waals surface area contributed by atoms with Gasteiger partial charge in [-0.3, -0.25) is 0 Å². The highest BCUT2D eigenvalue weighted by Crippen LogP contribution is 2.19. The van der Waals surface area contributed by atoms with Crippen LogP contribution >= 0.6 is 38.5 Å². The van der Waals surface area contributed by atoms with Gasteiger partial charge in [0.15, 0.2) is 0 Å². The minimum absolute atomic E-state index is 0.951. The fraction of sp³-hybridized carbons (Fsp3) is 0.333. The first-order valence-corrected chi connectivity index (χ1v) is 5.66. The van der Waals surface area contributed by atoms with Gasteiger partial charge in [-0.1, -0.05) is 22.0 Å². The van der Waals surface area contributed by atoms with Gasteiger partial charge in [0.05, 0.1) is 0 Å². The number of aryl methyl sites for hydroxylation is 2. The van der Waals surface area contributed by atoms with Gasteiger partial charge >= 0.3 is 0 Å². The summed E-state index contributed by atoms with van der Waals surface area (Å²) < 4.78 is 1.35. The van der Waals surface area contributed by atoms with Crippen LogP contribution in [0.3, 0.4) is 0 Å². The lowest BCUT2D eigenvalue weighted by atomic mass is 10.1. The smallest absolute Gasteiger partial charge is 0.0293 e. The van der Waals surface area contributed by atoms with E-state index in [1.54, 1.807) is 0 Å². The number of halogens is 2. The molecule has 0 nitrogen and oxygen atoms in total. The average Bonchev–Trinajstić information content (AvgIpc) is 1.97. The highest BCUT2D eigenvalue weighted by Gasteiger charge is 2.00. The van der Waals surface area contributed by atoms with Crippen molar-refractivity contribution in [2.24, 2.45) is 0 Å². The van der Waals surface area contributed by atoms with Gasteiger partial charge in [-0.05, 0) is 59.2 Å². The lowest BCUT2D eigenvalue weighted by Crippen LogP contribution is -1.88. The minimum atomic E-state index is 0.951. The van der Waals surface area contributed by atoms with Crippen LogP contribution in [0, 0.1) is 17.4 Å². The van der Waals surface area contributed by atoms with Crippen molar-refractivity contribution in [3.63, 3.8) is 0 Å². The lowest BCUT2D eigenvalue weighted by molar-refractivity contribution is 1.27. The fourth-order valence-electron chi connectivity index (χ4n) is 0.943. The summed E-state index contributed by atoms with van der Waals surface area (Å²) >= 11 is 5.83. The Hall–Kier alpha value is 0.430. The first-order chi connectivity index (χ1) is 5.15. The van der Waals surface area contributed by atoms with Crippen LogP contribution < -0.4 is 0 Å².